The number of rotatable bonds is 3. The van der Waals surface area contributed by atoms with Gasteiger partial charge in [0.1, 0.15) is 6.54 Å². The highest BCUT2D eigenvalue weighted by atomic mass is 32.2. The van der Waals surface area contributed by atoms with Gasteiger partial charge in [-0.25, -0.2) is 8.42 Å². The molecule has 0 bridgehead atoms. The minimum absolute atomic E-state index is 0.194. The summed E-state index contributed by atoms with van der Waals surface area (Å²) in [6, 6.07) is 20.2. The quantitative estimate of drug-likeness (QED) is 0.618. The van der Waals surface area contributed by atoms with E-state index in [-0.39, 0.29) is 17.3 Å². The van der Waals surface area contributed by atoms with Crippen molar-refractivity contribution in [2.75, 3.05) is 41.9 Å². The van der Waals surface area contributed by atoms with Gasteiger partial charge in [0.05, 0.1) is 22.2 Å². The van der Waals surface area contributed by atoms with Crippen molar-refractivity contribution < 1.29 is 13.2 Å². The Morgan fingerprint density at radius 2 is 1.69 bits per heavy atom. The molecular weight excluding hydrogens is 424 g/mol. The molecule has 1 amide bonds. The number of sulfonamides is 1. The highest BCUT2D eigenvalue weighted by molar-refractivity contribution is 7.93. The molecule has 2 aliphatic heterocycles. The van der Waals surface area contributed by atoms with Crippen molar-refractivity contribution in [3.63, 3.8) is 0 Å². The predicted octanol–water partition coefficient (Wildman–Crippen LogP) is 2.96. The molecule has 3 aromatic carbocycles. The number of nitrogens with zero attached hydrogens (tertiary/aromatic N) is 4. The van der Waals surface area contributed by atoms with Crippen molar-refractivity contribution in [3.05, 3.63) is 66.2 Å². The molecule has 0 N–H and O–H groups in total. The number of hydrogen-bond donors (Lipinski definition) is 0. The van der Waals surface area contributed by atoms with Gasteiger partial charge in [-0.05, 0) is 48.2 Å². The van der Waals surface area contributed by atoms with E-state index in [9.17, 15) is 13.2 Å². The molecule has 0 saturated carbocycles. The number of nitriles is 1. The maximum Gasteiger partial charge on any atom is 0.265 e. The molecule has 5 rings (SSSR count). The van der Waals surface area contributed by atoms with Crippen LogP contribution in [-0.4, -0.2) is 51.9 Å². The fraction of sp³-hybridized carbons (Fsp3) is 0.250. The van der Waals surface area contributed by atoms with Crippen LogP contribution in [0.5, 0.6) is 0 Å². The molecule has 1 fully saturated rings. The molecule has 7 nitrogen and oxygen atoms in total. The van der Waals surface area contributed by atoms with E-state index >= 15 is 0 Å². The fourth-order valence-electron chi connectivity index (χ4n) is 4.52. The van der Waals surface area contributed by atoms with Crippen molar-refractivity contribution in [3.8, 4) is 6.07 Å². The maximum atomic E-state index is 13.2. The van der Waals surface area contributed by atoms with Gasteiger partial charge in [0.2, 0.25) is 5.91 Å². The van der Waals surface area contributed by atoms with Crippen molar-refractivity contribution >= 4 is 38.1 Å². The second-order valence-electron chi connectivity index (χ2n) is 8.02. The van der Waals surface area contributed by atoms with Crippen molar-refractivity contribution in [1.29, 1.82) is 5.26 Å². The first kappa shape index (κ1) is 20.3. The molecule has 0 aliphatic carbocycles. The maximum absolute atomic E-state index is 13.2. The van der Waals surface area contributed by atoms with Crippen LogP contribution < -0.4 is 9.21 Å². The first-order valence-corrected chi connectivity index (χ1v) is 12.0. The highest BCUT2D eigenvalue weighted by Gasteiger charge is 2.37. The van der Waals surface area contributed by atoms with Crippen LogP contribution in [0.1, 0.15) is 12.0 Å². The van der Waals surface area contributed by atoms with Gasteiger partial charge in [0.25, 0.3) is 10.0 Å². The van der Waals surface area contributed by atoms with Gasteiger partial charge in [-0.3, -0.25) is 9.10 Å². The fourth-order valence-corrected chi connectivity index (χ4v) is 6.18. The zero-order chi connectivity index (χ0) is 22.3. The van der Waals surface area contributed by atoms with E-state index in [1.165, 1.54) is 4.31 Å². The van der Waals surface area contributed by atoms with Gasteiger partial charge < -0.3 is 9.80 Å². The van der Waals surface area contributed by atoms with E-state index < -0.39 is 10.0 Å². The van der Waals surface area contributed by atoms with Crippen LogP contribution in [0, 0.1) is 11.3 Å². The smallest absolute Gasteiger partial charge is 0.265 e. The molecule has 2 aliphatic rings. The average Bonchev–Trinajstić information content (AvgIpc) is 2.98. The molecule has 1 saturated heterocycles. The summed E-state index contributed by atoms with van der Waals surface area (Å²) >= 11 is 0. The topological polar surface area (TPSA) is 84.7 Å². The van der Waals surface area contributed by atoms with Crippen LogP contribution in [0.25, 0.3) is 10.8 Å². The SMILES string of the molecule is N#Cc1ccc(N2CCCN(C(=O)CN3c4cccc5cccc(c45)S3(=O)=O)CC2)cc1. The summed E-state index contributed by atoms with van der Waals surface area (Å²) in [5.74, 6) is -0.194. The second-order valence-corrected chi connectivity index (χ2v) is 9.85. The zero-order valence-electron chi connectivity index (χ0n) is 17.4. The van der Waals surface area contributed by atoms with E-state index in [0.29, 0.717) is 36.3 Å². The lowest BCUT2D eigenvalue weighted by atomic mass is 10.1. The van der Waals surface area contributed by atoms with Crippen LogP contribution in [0.3, 0.4) is 0 Å². The number of anilines is 2. The van der Waals surface area contributed by atoms with Crippen molar-refractivity contribution in [2.45, 2.75) is 11.3 Å². The Hall–Kier alpha value is -3.57. The molecular formula is C24H22N4O3S. The Kier molecular flexibility index (Phi) is 4.98. The third-order valence-electron chi connectivity index (χ3n) is 6.17. The van der Waals surface area contributed by atoms with E-state index in [1.54, 1.807) is 35.2 Å². The van der Waals surface area contributed by atoms with Crippen LogP contribution in [0.2, 0.25) is 0 Å². The van der Waals surface area contributed by atoms with Crippen molar-refractivity contribution in [2.24, 2.45) is 0 Å². The van der Waals surface area contributed by atoms with Crippen LogP contribution in [-0.2, 0) is 14.8 Å². The highest BCUT2D eigenvalue weighted by Crippen LogP contribution is 2.41. The van der Waals surface area contributed by atoms with Gasteiger partial charge in [-0.1, -0.05) is 24.3 Å². The van der Waals surface area contributed by atoms with E-state index in [2.05, 4.69) is 11.0 Å². The van der Waals surface area contributed by atoms with Crippen LogP contribution in [0.15, 0.2) is 65.6 Å². The molecule has 162 valence electrons. The molecule has 3 aromatic rings. The minimum Gasteiger partial charge on any atom is -0.370 e. The number of amides is 1. The van der Waals surface area contributed by atoms with Gasteiger partial charge in [-0.15, -0.1) is 0 Å². The monoisotopic (exact) mass is 446 g/mol. The minimum atomic E-state index is -3.75. The van der Waals surface area contributed by atoms with Crippen LogP contribution in [0.4, 0.5) is 11.4 Å². The average molecular weight is 447 g/mol. The normalized spacial score (nSPS) is 17.3. The van der Waals surface area contributed by atoms with E-state index in [1.807, 2.05) is 30.3 Å². The molecule has 0 unspecified atom stereocenters. The Morgan fingerprint density at radius 3 is 2.44 bits per heavy atom. The van der Waals surface area contributed by atoms with E-state index in [0.717, 1.165) is 24.0 Å². The largest absolute Gasteiger partial charge is 0.370 e. The molecule has 8 heteroatoms. The third-order valence-corrected chi connectivity index (χ3v) is 7.97. The second kappa shape index (κ2) is 7.84. The van der Waals surface area contributed by atoms with Gasteiger partial charge >= 0.3 is 0 Å². The third kappa shape index (κ3) is 3.35. The van der Waals surface area contributed by atoms with E-state index in [4.69, 9.17) is 5.26 Å². The Balaban J connectivity index is 1.32. The molecule has 32 heavy (non-hydrogen) atoms. The lowest BCUT2D eigenvalue weighted by molar-refractivity contribution is -0.129. The number of hydrogen-bond acceptors (Lipinski definition) is 5. The zero-order valence-corrected chi connectivity index (χ0v) is 18.3. The molecule has 0 atom stereocenters. The first-order valence-electron chi connectivity index (χ1n) is 10.6. The first-order chi connectivity index (χ1) is 15.5. The summed E-state index contributed by atoms with van der Waals surface area (Å²) in [5, 5.41) is 10.5. The summed E-state index contributed by atoms with van der Waals surface area (Å²) in [4.78, 5) is 17.4. The van der Waals surface area contributed by atoms with Crippen LogP contribution >= 0.6 is 0 Å². The van der Waals surface area contributed by atoms with Crippen molar-refractivity contribution in [1.82, 2.24) is 4.90 Å². The van der Waals surface area contributed by atoms with Gasteiger partial charge in [0.15, 0.2) is 0 Å². The summed E-state index contributed by atoms with van der Waals surface area (Å²) in [6.07, 6.45) is 0.786. The summed E-state index contributed by atoms with van der Waals surface area (Å²) < 4.78 is 27.6. The van der Waals surface area contributed by atoms with Gasteiger partial charge in [-0.2, -0.15) is 5.26 Å². The Bertz CT molecular complexity index is 1340. The number of carbonyl (C=O) groups is 1. The number of carbonyl (C=O) groups excluding carboxylic acids is 1. The molecule has 0 spiro atoms. The Morgan fingerprint density at radius 1 is 0.938 bits per heavy atom. The van der Waals surface area contributed by atoms with Gasteiger partial charge in [0, 0.05) is 37.3 Å². The molecule has 2 heterocycles. The summed E-state index contributed by atoms with van der Waals surface area (Å²) in [6.45, 7) is 2.34. The lowest BCUT2D eigenvalue weighted by Gasteiger charge is -2.26. The molecule has 0 radical (unpaired) electrons. The summed E-state index contributed by atoms with van der Waals surface area (Å²) in [7, 11) is -3.75. The Labute approximate surface area is 187 Å². The lowest BCUT2D eigenvalue weighted by Crippen LogP contribution is -2.43. The number of benzene rings is 3. The summed E-state index contributed by atoms with van der Waals surface area (Å²) in [5.41, 5.74) is 2.20. The standard InChI is InChI=1S/C24H22N4O3S/c25-16-18-8-10-20(11-9-18)26-12-3-13-27(15-14-26)23(29)17-28-21-6-1-4-19-5-2-7-22(24(19)21)32(28,30)31/h1-2,4-11H,3,12-15,17H2. The molecule has 0 aromatic heterocycles. The predicted molar refractivity (Wildman–Crippen MR) is 123 cm³/mol.